The van der Waals surface area contributed by atoms with Crippen LogP contribution in [0, 0.1) is 0 Å². The Hall–Kier alpha value is -2.01. The van der Waals surface area contributed by atoms with E-state index < -0.39 is 10.0 Å². The molecule has 22 heavy (non-hydrogen) atoms. The van der Waals surface area contributed by atoms with E-state index in [-0.39, 0.29) is 0 Å². The number of benzene rings is 2. The Kier molecular flexibility index (Phi) is 3.11. The van der Waals surface area contributed by atoms with Gasteiger partial charge in [-0.2, -0.15) is 0 Å². The topological polar surface area (TPSA) is 55.4 Å². The molecule has 0 amide bonds. The minimum absolute atomic E-state index is 0.323. The molecule has 2 aromatic rings. The zero-order valence-corrected chi connectivity index (χ0v) is 12.9. The summed E-state index contributed by atoms with van der Waals surface area (Å²) < 4.78 is 33.5. The fourth-order valence-electron chi connectivity index (χ4n) is 3.21. The molecular formula is C17H17NO3S. The van der Waals surface area contributed by atoms with Gasteiger partial charge in [0.15, 0.2) is 0 Å². The van der Waals surface area contributed by atoms with Gasteiger partial charge in [-0.3, -0.25) is 4.72 Å². The molecule has 1 aliphatic heterocycles. The summed E-state index contributed by atoms with van der Waals surface area (Å²) in [6.07, 6.45) is 3.93. The van der Waals surface area contributed by atoms with E-state index in [1.807, 2.05) is 18.2 Å². The zero-order valence-electron chi connectivity index (χ0n) is 12.1. The van der Waals surface area contributed by atoms with Gasteiger partial charge in [0.05, 0.1) is 17.2 Å². The van der Waals surface area contributed by atoms with Crippen molar-refractivity contribution in [2.75, 3.05) is 11.3 Å². The molecule has 5 heteroatoms. The van der Waals surface area contributed by atoms with Crippen LogP contribution in [-0.4, -0.2) is 15.0 Å². The number of sulfonamides is 1. The molecule has 2 aliphatic rings. The quantitative estimate of drug-likeness (QED) is 0.947. The molecule has 0 radical (unpaired) electrons. The molecule has 0 bridgehead atoms. The standard InChI is InChI=1S/C17H17NO3S/c19-22(20,15-8-7-12-3-1-5-14(12)11-15)18-16-6-2-4-13-9-10-21-17(13)16/h2,4,6-8,11,18H,1,3,5,9-10H2. The van der Waals surface area contributed by atoms with Crippen LogP contribution >= 0.6 is 0 Å². The van der Waals surface area contributed by atoms with Crippen molar-refractivity contribution < 1.29 is 13.2 Å². The Labute approximate surface area is 130 Å². The number of aryl methyl sites for hydroxylation is 2. The molecule has 2 aromatic carbocycles. The fraction of sp³-hybridized carbons (Fsp3) is 0.294. The summed E-state index contributed by atoms with van der Waals surface area (Å²) >= 11 is 0. The van der Waals surface area contributed by atoms with Gasteiger partial charge in [0.2, 0.25) is 0 Å². The van der Waals surface area contributed by atoms with Crippen molar-refractivity contribution in [3.8, 4) is 5.75 Å². The molecule has 1 heterocycles. The van der Waals surface area contributed by atoms with Gasteiger partial charge in [0.1, 0.15) is 5.75 Å². The molecule has 1 N–H and O–H groups in total. The van der Waals surface area contributed by atoms with Crippen LogP contribution < -0.4 is 9.46 Å². The first kappa shape index (κ1) is 13.6. The molecule has 0 fully saturated rings. The van der Waals surface area contributed by atoms with E-state index in [0.29, 0.717) is 22.9 Å². The van der Waals surface area contributed by atoms with Crippen LogP contribution in [0.2, 0.25) is 0 Å². The Morgan fingerprint density at radius 2 is 1.82 bits per heavy atom. The summed E-state index contributed by atoms with van der Waals surface area (Å²) in [5.74, 6) is 0.659. The van der Waals surface area contributed by atoms with E-state index in [4.69, 9.17) is 4.74 Å². The van der Waals surface area contributed by atoms with Gasteiger partial charge in [-0.15, -0.1) is 0 Å². The van der Waals surface area contributed by atoms with Gasteiger partial charge >= 0.3 is 0 Å². The molecule has 0 unspecified atom stereocenters. The summed E-state index contributed by atoms with van der Waals surface area (Å²) in [5, 5.41) is 0. The third-order valence-electron chi connectivity index (χ3n) is 4.34. The lowest BCUT2D eigenvalue weighted by Crippen LogP contribution is -2.14. The van der Waals surface area contributed by atoms with E-state index in [0.717, 1.165) is 36.8 Å². The van der Waals surface area contributed by atoms with Crippen molar-refractivity contribution in [2.24, 2.45) is 0 Å². The SMILES string of the molecule is O=S(=O)(Nc1cccc2c1OCC2)c1ccc2c(c1)CCC2. The fourth-order valence-corrected chi connectivity index (χ4v) is 4.33. The summed E-state index contributed by atoms with van der Waals surface area (Å²) in [6.45, 7) is 0.604. The number of ether oxygens (including phenoxy) is 1. The smallest absolute Gasteiger partial charge is 0.262 e. The lowest BCUT2D eigenvalue weighted by Gasteiger charge is -2.12. The molecule has 0 saturated heterocycles. The molecule has 114 valence electrons. The molecule has 4 nitrogen and oxygen atoms in total. The molecule has 4 rings (SSSR count). The van der Waals surface area contributed by atoms with Crippen LogP contribution in [0.1, 0.15) is 23.1 Å². The average molecular weight is 315 g/mol. The number of nitrogens with one attached hydrogen (secondary N) is 1. The Balaban J connectivity index is 1.69. The third-order valence-corrected chi connectivity index (χ3v) is 5.70. The Morgan fingerprint density at radius 3 is 2.73 bits per heavy atom. The van der Waals surface area contributed by atoms with Gasteiger partial charge in [-0.05, 0) is 54.2 Å². The van der Waals surface area contributed by atoms with Crippen molar-refractivity contribution in [3.63, 3.8) is 0 Å². The number of hydrogen-bond acceptors (Lipinski definition) is 3. The highest BCUT2D eigenvalue weighted by Gasteiger charge is 2.22. The van der Waals surface area contributed by atoms with Crippen LogP contribution in [0.5, 0.6) is 5.75 Å². The summed E-state index contributed by atoms with van der Waals surface area (Å²) in [6, 6.07) is 11.0. The minimum Gasteiger partial charge on any atom is -0.491 e. The van der Waals surface area contributed by atoms with Gasteiger partial charge in [-0.1, -0.05) is 18.2 Å². The second-order valence-electron chi connectivity index (χ2n) is 5.78. The molecule has 0 aromatic heterocycles. The second-order valence-corrected chi connectivity index (χ2v) is 7.46. The first-order chi connectivity index (χ1) is 10.6. The maximum Gasteiger partial charge on any atom is 0.262 e. The van der Waals surface area contributed by atoms with E-state index in [1.165, 1.54) is 5.56 Å². The molecule has 1 aliphatic carbocycles. The highest BCUT2D eigenvalue weighted by Crippen LogP contribution is 2.35. The normalized spacial score (nSPS) is 16.0. The van der Waals surface area contributed by atoms with E-state index in [2.05, 4.69) is 4.72 Å². The highest BCUT2D eigenvalue weighted by atomic mass is 32.2. The number of para-hydroxylation sites is 1. The van der Waals surface area contributed by atoms with Crippen LogP contribution in [0.4, 0.5) is 5.69 Å². The predicted octanol–water partition coefficient (Wildman–Crippen LogP) is 2.91. The van der Waals surface area contributed by atoms with Gasteiger partial charge in [-0.25, -0.2) is 8.42 Å². The van der Waals surface area contributed by atoms with Crippen molar-refractivity contribution in [3.05, 3.63) is 53.1 Å². The summed E-state index contributed by atoms with van der Waals surface area (Å²) in [7, 11) is -3.59. The maximum absolute atomic E-state index is 12.6. The minimum atomic E-state index is -3.59. The molecule has 0 atom stereocenters. The van der Waals surface area contributed by atoms with E-state index >= 15 is 0 Å². The van der Waals surface area contributed by atoms with Crippen LogP contribution in [0.3, 0.4) is 0 Å². The van der Waals surface area contributed by atoms with Gasteiger partial charge in [0, 0.05) is 6.42 Å². The third kappa shape index (κ3) is 2.25. The summed E-state index contributed by atoms with van der Waals surface area (Å²) in [4.78, 5) is 0.323. The summed E-state index contributed by atoms with van der Waals surface area (Å²) in [5.41, 5.74) is 3.99. The van der Waals surface area contributed by atoms with E-state index in [9.17, 15) is 8.42 Å². The Bertz CT molecular complexity index is 843. The van der Waals surface area contributed by atoms with Crippen LogP contribution in [0.25, 0.3) is 0 Å². The van der Waals surface area contributed by atoms with Crippen LogP contribution in [0.15, 0.2) is 41.3 Å². The second kappa shape index (κ2) is 5.02. The first-order valence-corrected chi connectivity index (χ1v) is 9.01. The molecular weight excluding hydrogens is 298 g/mol. The average Bonchev–Trinajstić information content (AvgIpc) is 3.15. The van der Waals surface area contributed by atoms with Crippen molar-refractivity contribution in [2.45, 2.75) is 30.6 Å². The van der Waals surface area contributed by atoms with Crippen LogP contribution in [-0.2, 0) is 29.3 Å². The Morgan fingerprint density at radius 1 is 0.955 bits per heavy atom. The maximum atomic E-state index is 12.6. The number of rotatable bonds is 3. The van der Waals surface area contributed by atoms with Gasteiger partial charge < -0.3 is 4.74 Å². The largest absolute Gasteiger partial charge is 0.491 e. The van der Waals surface area contributed by atoms with Crippen molar-refractivity contribution in [1.82, 2.24) is 0 Å². The number of hydrogen-bond donors (Lipinski definition) is 1. The molecule has 0 saturated carbocycles. The number of anilines is 1. The molecule has 0 spiro atoms. The number of fused-ring (bicyclic) bond motifs is 2. The predicted molar refractivity (Wildman–Crippen MR) is 84.9 cm³/mol. The van der Waals surface area contributed by atoms with Crippen molar-refractivity contribution in [1.29, 1.82) is 0 Å². The first-order valence-electron chi connectivity index (χ1n) is 7.53. The highest BCUT2D eigenvalue weighted by molar-refractivity contribution is 7.92. The van der Waals surface area contributed by atoms with Gasteiger partial charge in [0.25, 0.3) is 10.0 Å². The van der Waals surface area contributed by atoms with E-state index in [1.54, 1.807) is 18.2 Å². The van der Waals surface area contributed by atoms with Crippen molar-refractivity contribution >= 4 is 15.7 Å². The lowest BCUT2D eigenvalue weighted by molar-refractivity contribution is 0.358. The lowest BCUT2D eigenvalue weighted by atomic mass is 10.1. The monoisotopic (exact) mass is 315 g/mol. The zero-order chi connectivity index (χ0) is 15.2.